The lowest BCUT2D eigenvalue weighted by Gasteiger charge is -2.42. The summed E-state index contributed by atoms with van der Waals surface area (Å²) >= 11 is 0. The molecule has 33 heavy (non-hydrogen) atoms. The van der Waals surface area contributed by atoms with Gasteiger partial charge in [-0.2, -0.15) is 78.8 Å². The average molecular weight is 558 g/mol. The van der Waals surface area contributed by atoms with Crippen molar-refractivity contribution in [1.82, 2.24) is 0 Å². The average Bonchev–Trinajstić information content (AvgIpc) is 2.58. The van der Waals surface area contributed by atoms with Crippen molar-refractivity contribution in [2.45, 2.75) is 61.0 Å². The van der Waals surface area contributed by atoms with Gasteiger partial charge in [-0.1, -0.05) is 0 Å². The van der Waals surface area contributed by atoms with Crippen LogP contribution in [0.15, 0.2) is 0 Å². The second-order valence-corrected chi connectivity index (χ2v) is 8.02. The van der Waals surface area contributed by atoms with Gasteiger partial charge in [0, 0.05) is 6.42 Å². The molecule has 1 unspecified atom stereocenters. The van der Waals surface area contributed by atoms with Gasteiger partial charge in [0.05, 0.1) is 12.8 Å². The van der Waals surface area contributed by atoms with Crippen molar-refractivity contribution in [1.29, 1.82) is 0 Å². The molecule has 0 saturated heterocycles. The molecule has 0 spiro atoms. The minimum Gasteiger partial charge on any atom is -0.306 e. The molecule has 0 heterocycles. The van der Waals surface area contributed by atoms with Crippen molar-refractivity contribution < 1.29 is 87.9 Å². The molecule has 0 aromatic heterocycles. The van der Waals surface area contributed by atoms with Gasteiger partial charge < -0.3 is 4.52 Å². The fourth-order valence-electron chi connectivity index (χ4n) is 1.88. The fourth-order valence-corrected chi connectivity index (χ4v) is 2.95. The van der Waals surface area contributed by atoms with Crippen LogP contribution in [0.2, 0.25) is 0 Å². The molecule has 1 atom stereocenters. The molecule has 0 aliphatic carbocycles. The second-order valence-electron chi connectivity index (χ2n) is 6.13. The predicted octanol–water partition coefficient (Wildman–Crippen LogP) is 7.59. The molecule has 0 aromatic carbocycles. The van der Waals surface area contributed by atoms with Crippen LogP contribution in [-0.2, 0) is 9.09 Å². The lowest BCUT2D eigenvalue weighted by atomic mass is 9.88. The SMILES string of the molecule is CCOP(=O)(F)CCC(F)(F)C(F)(F)C(F)(F)C(F)(F)C(F)(F)C(F)(F)C(F)(F)C(F)(F)F. The van der Waals surface area contributed by atoms with E-state index < -0.39 is 74.5 Å². The third-order valence-corrected chi connectivity index (χ3v) is 5.20. The maximum Gasteiger partial charge on any atom is 0.460 e. The number of hydrogen-bond donors (Lipinski definition) is 0. The Bertz CT molecular complexity index is 741. The third kappa shape index (κ3) is 4.87. The van der Waals surface area contributed by atoms with Crippen molar-refractivity contribution in [3.05, 3.63) is 0 Å². The quantitative estimate of drug-likeness (QED) is 0.193. The Hall–Kier alpha value is -1.07. The Balaban J connectivity index is 6.50. The molecule has 200 valence electrons. The molecule has 0 rings (SSSR count). The standard InChI is InChI=1S/C12H9F18O2P/c1-2-32-33(30,31)4-3-5(13,14)6(15,16)7(17,18)8(19,20)9(21,22)10(23,24)11(25,26)12(27,28)29/h2-4H2,1H3. The summed E-state index contributed by atoms with van der Waals surface area (Å²) in [7, 11) is -5.79. The summed E-state index contributed by atoms with van der Waals surface area (Å²) in [5.74, 6) is -57.5. The number of alkyl halides is 17. The smallest absolute Gasteiger partial charge is 0.306 e. The number of rotatable bonds is 11. The van der Waals surface area contributed by atoms with E-state index in [4.69, 9.17) is 0 Å². The van der Waals surface area contributed by atoms with Gasteiger partial charge in [-0.3, -0.25) is 4.57 Å². The van der Waals surface area contributed by atoms with Crippen LogP contribution in [0.25, 0.3) is 0 Å². The maximum absolute atomic E-state index is 13.5. The predicted molar refractivity (Wildman–Crippen MR) is 70.5 cm³/mol. The monoisotopic (exact) mass is 558 g/mol. The van der Waals surface area contributed by atoms with E-state index >= 15 is 0 Å². The van der Waals surface area contributed by atoms with Crippen LogP contribution >= 0.6 is 7.68 Å². The van der Waals surface area contributed by atoms with Crippen molar-refractivity contribution >= 4 is 7.68 Å². The summed E-state index contributed by atoms with van der Waals surface area (Å²) in [6.45, 7) is -0.0641. The van der Waals surface area contributed by atoms with Crippen LogP contribution in [0.4, 0.5) is 78.8 Å². The minimum atomic E-state index is -8.73. The first-order valence-electron chi connectivity index (χ1n) is 7.66. The third-order valence-electron chi connectivity index (χ3n) is 3.80. The van der Waals surface area contributed by atoms with Crippen LogP contribution in [-0.4, -0.2) is 60.4 Å². The Morgan fingerprint density at radius 3 is 1.18 bits per heavy atom. The van der Waals surface area contributed by atoms with Gasteiger partial charge in [-0.25, -0.2) is 0 Å². The van der Waals surface area contributed by atoms with Crippen LogP contribution in [0, 0.1) is 0 Å². The molecule has 0 N–H and O–H groups in total. The number of hydrogen-bond acceptors (Lipinski definition) is 2. The Kier molecular flexibility index (Phi) is 8.27. The van der Waals surface area contributed by atoms with Crippen molar-refractivity contribution in [3.63, 3.8) is 0 Å². The molecular formula is C12H9F18O2P. The molecule has 2 nitrogen and oxygen atoms in total. The maximum atomic E-state index is 13.5. The highest BCUT2D eigenvalue weighted by molar-refractivity contribution is 7.53. The molecule has 0 amide bonds. The van der Waals surface area contributed by atoms with Crippen LogP contribution in [0.3, 0.4) is 0 Å². The molecule has 0 fully saturated rings. The van der Waals surface area contributed by atoms with Gasteiger partial charge in [0.1, 0.15) is 0 Å². The van der Waals surface area contributed by atoms with E-state index in [0.717, 1.165) is 6.92 Å². The second kappa shape index (κ2) is 8.55. The van der Waals surface area contributed by atoms with Gasteiger partial charge >= 0.3 is 55.3 Å². The molecule has 0 saturated carbocycles. The first-order valence-corrected chi connectivity index (χ1v) is 9.36. The van der Waals surface area contributed by atoms with E-state index in [1.54, 1.807) is 0 Å². The summed E-state index contributed by atoms with van der Waals surface area (Å²) in [6.07, 6.45) is -13.4. The van der Waals surface area contributed by atoms with Gasteiger partial charge in [0.25, 0.3) is 0 Å². The summed E-state index contributed by atoms with van der Waals surface area (Å²) in [5, 5.41) is 0. The molecule has 21 heteroatoms. The van der Waals surface area contributed by atoms with Gasteiger partial charge in [0.2, 0.25) is 0 Å². The highest BCUT2D eigenvalue weighted by atomic mass is 31.2. The van der Waals surface area contributed by atoms with E-state index in [1.165, 1.54) is 0 Å². The van der Waals surface area contributed by atoms with Crippen LogP contribution < -0.4 is 0 Å². The van der Waals surface area contributed by atoms with Crippen LogP contribution in [0.1, 0.15) is 13.3 Å². The largest absolute Gasteiger partial charge is 0.460 e. The van der Waals surface area contributed by atoms with E-state index in [2.05, 4.69) is 4.52 Å². The zero-order valence-electron chi connectivity index (χ0n) is 15.2. The Labute approximate surface area is 170 Å². The van der Waals surface area contributed by atoms with Crippen LogP contribution in [0.5, 0.6) is 0 Å². The molecule has 0 aliphatic heterocycles. The topological polar surface area (TPSA) is 26.3 Å². The molecule has 0 bridgehead atoms. The molecular weight excluding hydrogens is 549 g/mol. The zero-order chi connectivity index (χ0) is 27.3. The zero-order valence-corrected chi connectivity index (χ0v) is 16.1. The van der Waals surface area contributed by atoms with Crippen molar-refractivity contribution in [2.75, 3.05) is 12.8 Å². The van der Waals surface area contributed by atoms with E-state index in [-0.39, 0.29) is 0 Å². The Morgan fingerprint density at radius 2 is 0.879 bits per heavy atom. The van der Waals surface area contributed by atoms with Crippen molar-refractivity contribution in [3.8, 4) is 0 Å². The fraction of sp³-hybridized carbons (Fsp3) is 1.00. The van der Waals surface area contributed by atoms with E-state index in [9.17, 15) is 83.4 Å². The normalized spacial score (nSPS) is 17.8. The first-order chi connectivity index (χ1) is 14.0. The van der Waals surface area contributed by atoms with Gasteiger partial charge in [-0.15, -0.1) is 0 Å². The summed E-state index contributed by atoms with van der Waals surface area (Å²) < 4.78 is 249. The molecule has 0 aromatic rings. The summed E-state index contributed by atoms with van der Waals surface area (Å²) in [4.78, 5) is 0. The van der Waals surface area contributed by atoms with Crippen molar-refractivity contribution in [2.24, 2.45) is 0 Å². The summed E-state index contributed by atoms with van der Waals surface area (Å²) in [6, 6.07) is 0. The molecule has 0 aliphatic rings. The minimum absolute atomic E-state index is 0.840. The van der Waals surface area contributed by atoms with Gasteiger partial charge in [-0.05, 0) is 6.92 Å². The lowest BCUT2D eigenvalue weighted by molar-refractivity contribution is -0.461. The highest BCUT2D eigenvalue weighted by Crippen LogP contribution is 2.64. The van der Waals surface area contributed by atoms with E-state index in [0.29, 0.717) is 0 Å². The highest BCUT2D eigenvalue weighted by Gasteiger charge is 2.95. The Morgan fingerprint density at radius 1 is 0.576 bits per heavy atom. The number of halogens is 18. The lowest BCUT2D eigenvalue weighted by Crippen LogP contribution is -2.74. The van der Waals surface area contributed by atoms with Gasteiger partial charge in [0.15, 0.2) is 0 Å². The first kappa shape index (κ1) is 31.9. The summed E-state index contributed by atoms with van der Waals surface area (Å²) in [5.41, 5.74) is 0. The molecule has 0 radical (unpaired) electrons. The van der Waals surface area contributed by atoms with E-state index in [1.807, 2.05) is 0 Å².